The largest absolute Gasteiger partial charge is 0.355 e. The number of aryl methyl sites for hydroxylation is 3. The second-order valence-corrected chi connectivity index (χ2v) is 4.70. The van der Waals surface area contributed by atoms with Crippen molar-refractivity contribution in [1.29, 1.82) is 0 Å². The first kappa shape index (κ1) is 13.6. The third-order valence-corrected chi connectivity index (χ3v) is 3.20. The van der Waals surface area contributed by atoms with Crippen LogP contribution in [0.5, 0.6) is 0 Å². The highest BCUT2D eigenvalue weighted by atomic mass is 15.3. The molecule has 0 spiro atoms. The molecule has 0 saturated heterocycles. The third-order valence-electron chi connectivity index (χ3n) is 3.20. The van der Waals surface area contributed by atoms with Crippen LogP contribution in [0, 0.1) is 6.92 Å². The van der Waals surface area contributed by atoms with Gasteiger partial charge in [-0.25, -0.2) is 0 Å². The van der Waals surface area contributed by atoms with E-state index in [1.807, 2.05) is 0 Å². The number of hydrogen-bond donors (Lipinski definition) is 1. The van der Waals surface area contributed by atoms with Gasteiger partial charge in [0.2, 0.25) is 5.95 Å². The Hall–Kier alpha value is -1.84. The zero-order valence-corrected chi connectivity index (χ0v) is 12.0. The molecule has 19 heavy (non-hydrogen) atoms. The molecule has 102 valence electrons. The van der Waals surface area contributed by atoms with Gasteiger partial charge in [0.15, 0.2) is 0 Å². The highest BCUT2D eigenvalue weighted by Crippen LogP contribution is 2.12. The van der Waals surface area contributed by atoms with Gasteiger partial charge in [-0.05, 0) is 32.8 Å². The average Bonchev–Trinajstić information content (AvgIpc) is 2.79. The minimum Gasteiger partial charge on any atom is -0.355 e. The van der Waals surface area contributed by atoms with E-state index in [-0.39, 0.29) is 0 Å². The van der Waals surface area contributed by atoms with E-state index in [2.05, 4.69) is 65.1 Å². The number of aromatic nitrogens is 3. The van der Waals surface area contributed by atoms with Crippen molar-refractivity contribution in [2.45, 2.75) is 40.2 Å². The fourth-order valence-corrected chi connectivity index (χ4v) is 2.27. The third kappa shape index (κ3) is 3.34. The van der Waals surface area contributed by atoms with Crippen LogP contribution in [0.2, 0.25) is 0 Å². The van der Waals surface area contributed by atoms with Gasteiger partial charge in [0.05, 0.1) is 0 Å². The Kier molecular flexibility index (Phi) is 4.55. The molecule has 0 aliphatic carbocycles. The van der Waals surface area contributed by atoms with E-state index in [0.29, 0.717) is 0 Å². The molecule has 0 atom stereocenters. The summed E-state index contributed by atoms with van der Waals surface area (Å²) in [6.07, 6.45) is 1.93. The van der Waals surface area contributed by atoms with Crippen molar-refractivity contribution >= 4 is 5.95 Å². The van der Waals surface area contributed by atoms with Crippen LogP contribution < -0.4 is 5.32 Å². The molecule has 4 nitrogen and oxygen atoms in total. The molecule has 0 bridgehead atoms. The Labute approximate surface area is 114 Å². The summed E-state index contributed by atoms with van der Waals surface area (Å²) in [6.45, 7) is 8.09. The molecular formula is C15H22N4. The number of nitrogens with zero attached hydrogens (tertiary/aromatic N) is 3. The van der Waals surface area contributed by atoms with Gasteiger partial charge in [0, 0.05) is 19.5 Å². The molecular weight excluding hydrogens is 236 g/mol. The molecule has 2 rings (SSSR count). The molecule has 0 aliphatic heterocycles. The first-order valence-corrected chi connectivity index (χ1v) is 6.96. The van der Waals surface area contributed by atoms with Crippen LogP contribution >= 0.6 is 0 Å². The molecule has 1 heterocycles. The molecule has 0 radical (unpaired) electrons. The lowest BCUT2D eigenvalue weighted by atomic mass is 10.1. The zero-order valence-electron chi connectivity index (χ0n) is 12.0. The normalized spacial score (nSPS) is 10.7. The van der Waals surface area contributed by atoms with Gasteiger partial charge in [-0.15, -0.1) is 10.2 Å². The van der Waals surface area contributed by atoms with Gasteiger partial charge >= 0.3 is 0 Å². The maximum absolute atomic E-state index is 4.29. The van der Waals surface area contributed by atoms with E-state index in [9.17, 15) is 0 Å². The number of benzene rings is 1. The average molecular weight is 258 g/mol. The molecule has 0 fully saturated rings. The summed E-state index contributed by atoms with van der Waals surface area (Å²) in [5.41, 5.74) is 2.67. The summed E-state index contributed by atoms with van der Waals surface area (Å²) < 4.78 is 2.15. The van der Waals surface area contributed by atoms with Crippen LogP contribution in [0.3, 0.4) is 0 Å². The Balaban J connectivity index is 2.07. The predicted molar refractivity (Wildman–Crippen MR) is 78.4 cm³/mol. The van der Waals surface area contributed by atoms with Gasteiger partial charge in [0.1, 0.15) is 5.82 Å². The molecule has 4 heteroatoms. The van der Waals surface area contributed by atoms with Gasteiger partial charge in [-0.2, -0.15) is 0 Å². The highest BCUT2D eigenvalue weighted by molar-refractivity contribution is 5.26. The Morgan fingerprint density at radius 3 is 2.68 bits per heavy atom. The Bertz CT molecular complexity index is 531. The summed E-state index contributed by atoms with van der Waals surface area (Å²) in [5.74, 6) is 1.93. The van der Waals surface area contributed by atoms with E-state index in [1.165, 1.54) is 11.1 Å². The van der Waals surface area contributed by atoms with Crippen LogP contribution in [0.4, 0.5) is 5.95 Å². The maximum Gasteiger partial charge on any atom is 0.224 e. The summed E-state index contributed by atoms with van der Waals surface area (Å²) >= 11 is 0. The number of anilines is 1. The van der Waals surface area contributed by atoms with Gasteiger partial charge in [-0.3, -0.25) is 4.57 Å². The molecule has 0 aliphatic rings. The summed E-state index contributed by atoms with van der Waals surface area (Å²) in [7, 11) is 0. The second kappa shape index (κ2) is 6.36. The van der Waals surface area contributed by atoms with Crippen LogP contribution in [0.15, 0.2) is 24.3 Å². The van der Waals surface area contributed by atoms with Crippen LogP contribution in [0.25, 0.3) is 0 Å². The van der Waals surface area contributed by atoms with Crippen LogP contribution in [-0.2, 0) is 19.4 Å². The van der Waals surface area contributed by atoms with E-state index < -0.39 is 0 Å². The smallest absolute Gasteiger partial charge is 0.224 e. The molecule has 1 aromatic heterocycles. The minimum atomic E-state index is 0.871. The lowest BCUT2D eigenvalue weighted by molar-refractivity contribution is 0.692. The maximum atomic E-state index is 4.29. The zero-order chi connectivity index (χ0) is 13.7. The van der Waals surface area contributed by atoms with E-state index in [4.69, 9.17) is 0 Å². The minimum absolute atomic E-state index is 0.871. The molecule has 1 aromatic carbocycles. The monoisotopic (exact) mass is 258 g/mol. The quantitative estimate of drug-likeness (QED) is 0.866. The number of nitrogens with one attached hydrogen (secondary N) is 1. The van der Waals surface area contributed by atoms with Crippen molar-refractivity contribution < 1.29 is 0 Å². The molecule has 2 aromatic rings. The lowest BCUT2D eigenvalue weighted by Gasteiger charge is -2.08. The molecule has 0 saturated carbocycles. The second-order valence-electron chi connectivity index (χ2n) is 4.70. The van der Waals surface area contributed by atoms with Crippen molar-refractivity contribution in [1.82, 2.24) is 14.8 Å². The van der Waals surface area contributed by atoms with Crippen molar-refractivity contribution in [2.24, 2.45) is 0 Å². The standard InChI is InChI=1S/C15H22N4/c1-4-16-15-18-17-14(19(15)5-2)10-9-13-8-6-7-12(3)11-13/h6-8,11H,4-5,9-10H2,1-3H3,(H,16,18). The van der Waals surface area contributed by atoms with E-state index in [0.717, 1.165) is 37.7 Å². The Morgan fingerprint density at radius 2 is 2.00 bits per heavy atom. The van der Waals surface area contributed by atoms with E-state index >= 15 is 0 Å². The van der Waals surface area contributed by atoms with Crippen molar-refractivity contribution in [3.8, 4) is 0 Å². The van der Waals surface area contributed by atoms with Gasteiger partial charge < -0.3 is 5.32 Å². The molecule has 0 amide bonds. The van der Waals surface area contributed by atoms with Gasteiger partial charge in [-0.1, -0.05) is 29.8 Å². The first-order valence-electron chi connectivity index (χ1n) is 6.96. The summed E-state index contributed by atoms with van der Waals surface area (Å²) in [6, 6.07) is 8.64. The fraction of sp³-hybridized carbons (Fsp3) is 0.467. The highest BCUT2D eigenvalue weighted by Gasteiger charge is 2.09. The SMILES string of the molecule is CCNc1nnc(CCc2cccc(C)c2)n1CC. The van der Waals surface area contributed by atoms with Crippen LogP contribution in [0.1, 0.15) is 30.8 Å². The van der Waals surface area contributed by atoms with E-state index in [1.54, 1.807) is 0 Å². The Morgan fingerprint density at radius 1 is 1.16 bits per heavy atom. The van der Waals surface area contributed by atoms with Crippen LogP contribution in [-0.4, -0.2) is 21.3 Å². The number of rotatable bonds is 6. The lowest BCUT2D eigenvalue weighted by Crippen LogP contribution is -2.09. The summed E-state index contributed by atoms with van der Waals surface area (Å²) in [5, 5.41) is 11.7. The predicted octanol–water partition coefficient (Wildman–Crippen LogP) is 2.82. The first-order chi connectivity index (χ1) is 9.24. The molecule has 1 N–H and O–H groups in total. The summed E-state index contributed by atoms with van der Waals surface area (Å²) in [4.78, 5) is 0. The van der Waals surface area contributed by atoms with Gasteiger partial charge in [0.25, 0.3) is 0 Å². The van der Waals surface area contributed by atoms with Crippen molar-refractivity contribution in [3.63, 3.8) is 0 Å². The topological polar surface area (TPSA) is 42.7 Å². The molecule has 0 unspecified atom stereocenters. The van der Waals surface area contributed by atoms with Crippen molar-refractivity contribution in [2.75, 3.05) is 11.9 Å². The fourth-order valence-electron chi connectivity index (χ4n) is 2.27. The van der Waals surface area contributed by atoms with Crippen molar-refractivity contribution in [3.05, 3.63) is 41.2 Å². The number of hydrogen-bond acceptors (Lipinski definition) is 3.